The van der Waals surface area contributed by atoms with Gasteiger partial charge >= 0.3 is 0 Å². The normalized spacial score (nSPS) is 11.7. The fourth-order valence-corrected chi connectivity index (χ4v) is 1.24. The predicted octanol–water partition coefficient (Wildman–Crippen LogP) is 1.77. The molecule has 5 nitrogen and oxygen atoms in total. The third kappa shape index (κ3) is 10.9. The van der Waals surface area contributed by atoms with Crippen molar-refractivity contribution in [3.8, 4) is 0 Å². The molecule has 0 atom stereocenters. The second-order valence-electron chi connectivity index (χ2n) is 3.83. The molecule has 0 aliphatic rings. The zero-order chi connectivity index (χ0) is 15.1. The summed E-state index contributed by atoms with van der Waals surface area (Å²) in [4.78, 5) is 4.20. The van der Waals surface area contributed by atoms with Gasteiger partial charge in [0.2, 0.25) is 0 Å². The third-order valence-corrected chi connectivity index (χ3v) is 2.52. The maximum Gasteiger partial charge on any atom is 0.263 e. The molecule has 0 bridgehead atoms. The van der Waals surface area contributed by atoms with Crippen molar-refractivity contribution in [3.63, 3.8) is 0 Å². The van der Waals surface area contributed by atoms with Gasteiger partial charge in [0.1, 0.15) is 5.84 Å². The van der Waals surface area contributed by atoms with Crippen LogP contribution in [0.25, 0.3) is 0 Å². The van der Waals surface area contributed by atoms with Crippen LogP contribution in [0.15, 0.2) is 23.2 Å². The summed E-state index contributed by atoms with van der Waals surface area (Å²) in [7, 11) is -3.83. The molecule has 108 valence electrons. The number of rotatable bonds is 3. The molecule has 0 aromatic heterocycles. The third-order valence-electron chi connectivity index (χ3n) is 2.20. The second kappa shape index (κ2) is 8.49. The standard InChI is InChI=1S/C11H16N2S.H2O3S2/c1-8-3-4-10(5-9(8)2)6-13-11(12)7-14;1-5(2,3)4/h3-5,14H,6-7H2,1-2H3,(H2,12,13);(H2,1,2,3,4). The van der Waals surface area contributed by atoms with Crippen LogP contribution in [0, 0.1) is 13.8 Å². The number of aliphatic imine (C=N–C) groups is 1. The lowest BCUT2D eigenvalue weighted by Gasteiger charge is -2.03. The molecule has 0 saturated carbocycles. The number of benzene rings is 1. The van der Waals surface area contributed by atoms with Gasteiger partial charge in [-0.15, -0.1) is 0 Å². The van der Waals surface area contributed by atoms with Crippen molar-refractivity contribution < 1.29 is 13.3 Å². The van der Waals surface area contributed by atoms with Crippen LogP contribution < -0.4 is 5.73 Å². The summed E-state index contributed by atoms with van der Waals surface area (Å²) < 4.78 is 24.0. The highest BCUT2D eigenvalue weighted by molar-refractivity contribution is 8.26. The molecule has 0 unspecified atom stereocenters. The summed E-state index contributed by atoms with van der Waals surface area (Å²) >= 11 is 7.51. The quantitative estimate of drug-likeness (QED) is 0.386. The molecule has 0 heterocycles. The highest BCUT2D eigenvalue weighted by Gasteiger charge is 1.95. The van der Waals surface area contributed by atoms with Gasteiger partial charge in [-0.1, -0.05) is 18.2 Å². The maximum atomic E-state index is 9.11. The Kier molecular flexibility index (Phi) is 8.19. The van der Waals surface area contributed by atoms with Gasteiger partial charge in [0.25, 0.3) is 9.05 Å². The van der Waals surface area contributed by atoms with Crippen LogP contribution in [0.4, 0.5) is 0 Å². The van der Waals surface area contributed by atoms with E-state index < -0.39 is 9.05 Å². The topological polar surface area (TPSA) is 95.9 Å². The van der Waals surface area contributed by atoms with E-state index >= 15 is 0 Å². The molecule has 0 spiro atoms. The van der Waals surface area contributed by atoms with E-state index in [2.05, 4.69) is 60.9 Å². The van der Waals surface area contributed by atoms with Crippen molar-refractivity contribution in [1.29, 1.82) is 0 Å². The first-order chi connectivity index (χ1) is 8.63. The van der Waals surface area contributed by atoms with Crippen LogP contribution in [-0.2, 0) is 26.8 Å². The average molecular weight is 322 g/mol. The SMILES string of the molecule is Cc1ccc(CN=C(N)CS)cc1C.O=S(O)(O)=S. The lowest BCUT2D eigenvalue weighted by atomic mass is 10.1. The van der Waals surface area contributed by atoms with Crippen molar-refractivity contribution in [3.05, 3.63) is 34.9 Å². The van der Waals surface area contributed by atoms with Crippen LogP contribution >= 0.6 is 12.6 Å². The highest BCUT2D eigenvalue weighted by Crippen LogP contribution is 2.10. The van der Waals surface area contributed by atoms with Crippen molar-refractivity contribution in [2.24, 2.45) is 10.7 Å². The first-order valence-corrected chi connectivity index (χ1v) is 8.32. The van der Waals surface area contributed by atoms with Gasteiger partial charge in [-0.05, 0) is 30.5 Å². The Bertz CT molecular complexity index is 534. The summed E-state index contributed by atoms with van der Waals surface area (Å²) in [5.74, 6) is 1.11. The van der Waals surface area contributed by atoms with E-state index in [4.69, 9.17) is 19.0 Å². The Labute approximate surface area is 124 Å². The summed E-state index contributed by atoms with van der Waals surface area (Å²) in [6, 6.07) is 6.33. The van der Waals surface area contributed by atoms with Gasteiger partial charge in [0, 0.05) is 16.9 Å². The summed E-state index contributed by atoms with van der Waals surface area (Å²) in [5.41, 5.74) is 9.35. The predicted molar refractivity (Wildman–Crippen MR) is 85.9 cm³/mol. The number of aryl methyl sites for hydroxylation is 2. The summed E-state index contributed by atoms with van der Waals surface area (Å²) in [6.07, 6.45) is 0. The molecule has 4 N–H and O–H groups in total. The molecular formula is C11H18N2O3S3. The smallest absolute Gasteiger partial charge is 0.263 e. The van der Waals surface area contributed by atoms with Crippen molar-refractivity contribution in [2.45, 2.75) is 20.4 Å². The molecule has 1 aromatic carbocycles. The zero-order valence-corrected chi connectivity index (χ0v) is 13.3. The highest BCUT2D eigenvalue weighted by atomic mass is 32.9. The van der Waals surface area contributed by atoms with E-state index in [1.54, 1.807) is 0 Å². The molecule has 0 amide bonds. The minimum Gasteiger partial charge on any atom is -0.387 e. The number of hydrogen-bond acceptors (Lipinski definition) is 4. The Morgan fingerprint density at radius 3 is 2.37 bits per heavy atom. The summed E-state index contributed by atoms with van der Waals surface area (Å²) in [6.45, 7) is 4.85. The molecule has 0 saturated heterocycles. The van der Waals surface area contributed by atoms with E-state index in [1.165, 1.54) is 16.7 Å². The van der Waals surface area contributed by atoms with Gasteiger partial charge in [0.15, 0.2) is 0 Å². The fraction of sp³-hybridized carbons (Fsp3) is 0.364. The minimum absolute atomic E-state index is 0.519. The van der Waals surface area contributed by atoms with E-state index in [1.807, 2.05) is 0 Å². The lowest BCUT2D eigenvalue weighted by Crippen LogP contribution is -2.13. The first-order valence-electron chi connectivity index (χ1n) is 5.29. The zero-order valence-electron chi connectivity index (χ0n) is 10.7. The molecule has 0 aliphatic heterocycles. The molecule has 19 heavy (non-hydrogen) atoms. The van der Waals surface area contributed by atoms with Gasteiger partial charge in [-0.3, -0.25) is 14.1 Å². The van der Waals surface area contributed by atoms with Gasteiger partial charge < -0.3 is 5.73 Å². The molecule has 0 aliphatic carbocycles. The number of thiol groups is 1. The largest absolute Gasteiger partial charge is 0.387 e. The monoisotopic (exact) mass is 322 g/mol. The minimum atomic E-state index is -3.83. The van der Waals surface area contributed by atoms with E-state index in [-0.39, 0.29) is 0 Å². The molecule has 8 heteroatoms. The van der Waals surface area contributed by atoms with Crippen LogP contribution in [0.3, 0.4) is 0 Å². The number of nitrogens with two attached hydrogens (primary N) is 1. The van der Waals surface area contributed by atoms with Crippen LogP contribution in [0.2, 0.25) is 0 Å². The van der Waals surface area contributed by atoms with Crippen LogP contribution in [0.1, 0.15) is 16.7 Å². The lowest BCUT2D eigenvalue weighted by molar-refractivity contribution is 0.450. The van der Waals surface area contributed by atoms with Crippen molar-refractivity contribution in [1.82, 2.24) is 0 Å². The van der Waals surface area contributed by atoms with Gasteiger partial charge in [-0.2, -0.15) is 16.8 Å². The van der Waals surface area contributed by atoms with Gasteiger partial charge in [-0.25, -0.2) is 0 Å². The molecule has 0 radical (unpaired) electrons. The molecular weight excluding hydrogens is 304 g/mol. The Hall–Kier alpha value is -0.670. The average Bonchev–Trinajstić information content (AvgIpc) is 2.28. The molecule has 1 rings (SSSR count). The van der Waals surface area contributed by atoms with E-state index in [0.29, 0.717) is 18.1 Å². The fourth-order valence-electron chi connectivity index (χ4n) is 1.14. The molecule has 1 aromatic rings. The van der Waals surface area contributed by atoms with Crippen LogP contribution in [0.5, 0.6) is 0 Å². The van der Waals surface area contributed by atoms with Gasteiger partial charge in [0.05, 0.1) is 6.54 Å². The van der Waals surface area contributed by atoms with Crippen LogP contribution in [-0.4, -0.2) is 24.9 Å². The number of amidine groups is 1. The number of hydrogen-bond donors (Lipinski definition) is 4. The Morgan fingerprint density at radius 1 is 1.42 bits per heavy atom. The second-order valence-corrected chi connectivity index (χ2v) is 6.35. The van der Waals surface area contributed by atoms with Crippen molar-refractivity contribution >= 4 is 38.7 Å². The Morgan fingerprint density at radius 2 is 1.95 bits per heavy atom. The molecule has 0 fully saturated rings. The number of nitrogens with zero attached hydrogens (tertiary/aromatic N) is 1. The Balaban J connectivity index is 0.000000555. The van der Waals surface area contributed by atoms with Crippen molar-refractivity contribution in [2.75, 3.05) is 5.75 Å². The summed E-state index contributed by atoms with van der Waals surface area (Å²) in [5, 5.41) is 0. The first kappa shape index (κ1) is 18.3. The maximum absolute atomic E-state index is 9.11. The van der Waals surface area contributed by atoms with E-state index in [0.717, 1.165) is 0 Å². The van der Waals surface area contributed by atoms with E-state index in [9.17, 15) is 0 Å².